The molecule has 2 aromatic heterocycles. The van der Waals surface area contributed by atoms with E-state index in [4.69, 9.17) is 0 Å². The molecule has 0 aromatic carbocycles. The Balaban J connectivity index is 2.54. The van der Waals surface area contributed by atoms with Gasteiger partial charge < -0.3 is 0 Å². The summed E-state index contributed by atoms with van der Waals surface area (Å²) < 4.78 is 0. The van der Waals surface area contributed by atoms with Gasteiger partial charge in [-0.1, -0.05) is 6.07 Å². The third kappa shape index (κ3) is 1.56. The largest absolute Gasteiger partial charge is 0.264 e. The minimum absolute atomic E-state index is 1.00. The SMILES string of the molecule is Cc1cnccc1-c1ccccn1. The lowest BCUT2D eigenvalue weighted by molar-refractivity contribution is 1.24. The number of pyridine rings is 2. The minimum atomic E-state index is 1.00. The Morgan fingerprint density at radius 3 is 2.69 bits per heavy atom. The fraction of sp³-hybridized carbons (Fsp3) is 0.0909. The molecule has 0 aliphatic heterocycles. The third-order valence-corrected chi connectivity index (χ3v) is 1.96. The molecule has 2 aromatic rings. The molecule has 2 nitrogen and oxygen atoms in total. The van der Waals surface area contributed by atoms with Crippen molar-refractivity contribution in [3.05, 3.63) is 48.4 Å². The second-order valence-corrected chi connectivity index (χ2v) is 2.91. The number of rotatable bonds is 1. The van der Waals surface area contributed by atoms with E-state index in [1.807, 2.05) is 37.4 Å². The lowest BCUT2D eigenvalue weighted by Gasteiger charge is -2.02. The van der Waals surface area contributed by atoms with Crippen LogP contribution in [0.3, 0.4) is 0 Å². The predicted octanol–water partition coefficient (Wildman–Crippen LogP) is 2.45. The molecule has 2 heterocycles. The zero-order valence-electron chi connectivity index (χ0n) is 7.44. The zero-order valence-corrected chi connectivity index (χ0v) is 7.44. The standard InChI is InChI=1S/C11H10N2/c1-9-8-12-7-5-10(9)11-4-2-3-6-13-11/h2-8H,1H3. The summed E-state index contributed by atoms with van der Waals surface area (Å²) in [5.74, 6) is 0. The van der Waals surface area contributed by atoms with E-state index < -0.39 is 0 Å². The molecule has 0 N–H and O–H groups in total. The van der Waals surface area contributed by atoms with Crippen LogP contribution in [0, 0.1) is 6.92 Å². The second-order valence-electron chi connectivity index (χ2n) is 2.91. The highest BCUT2D eigenvalue weighted by molar-refractivity contribution is 5.61. The van der Waals surface area contributed by atoms with Gasteiger partial charge in [-0.3, -0.25) is 9.97 Å². The smallest absolute Gasteiger partial charge is 0.0705 e. The van der Waals surface area contributed by atoms with Gasteiger partial charge in [-0.15, -0.1) is 0 Å². The van der Waals surface area contributed by atoms with Crippen LogP contribution in [0.2, 0.25) is 0 Å². The maximum Gasteiger partial charge on any atom is 0.0705 e. The quantitative estimate of drug-likeness (QED) is 0.657. The van der Waals surface area contributed by atoms with Crippen molar-refractivity contribution in [2.24, 2.45) is 0 Å². The molecule has 2 heteroatoms. The molecule has 0 saturated heterocycles. The van der Waals surface area contributed by atoms with E-state index in [9.17, 15) is 0 Å². The average Bonchev–Trinajstić information content (AvgIpc) is 2.20. The van der Waals surface area contributed by atoms with Crippen molar-refractivity contribution in [1.82, 2.24) is 9.97 Å². The van der Waals surface area contributed by atoms with Gasteiger partial charge in [0.1, 0.15) is 0 Å². The van der Waals surface area contributed by atoms with Crippen molar-refractivity contribution in [2.45, 2.75) is 6.92 Å². The summed E-state index contributed by atoms with van der Waals surface area (Å²) in [5, 5.41) is 0. The molecule has 0 aliphatic rings. The Bertz CT molecular complexity index is 396. The highest BCUT2D eigenvalue weighted by Gasteiger charge is 2.00. The van der Waals surface area contributed by atoms with Crippen LogP contribution in [-0.4, -0.2) is 9.97 Å². The van der Waals surface area contributed by atoms with Crippen LogP contribution in [0.15, 0.2) is 42.9 Å². The maximum atomic E-state index is 4.28. The molecule has 0 unspecified atom stereocenters. The predicted molar refractivity (Wildman–Crippen MR) is 52.2 cm³/mol. The second kappa shape index (κ2) is 3.35. The fourth-order valence-corrected chi connectivity index (χ4v) is 1.28. The Hall–Kier alpha value is -1.70. The van der Waals surface area contributed by atoms with E-state index in [0.717, 1.165) is 16.8 Å². The van der Waals surface area contributed by atoms with Crippen LogP contribution >= 0.6 is 0 Å². The lowest BCUT2D eigenvalue weighted by atomic mass is 10.1. The monoisotopic (exact) mass is 170 g/mol. The first-order valence-corrected chi connectivity index (χ1v) is 4.20. The van der Waals surface area contributed by atoms with Crippen molar-refractivity contribution >= 4 is 0 Å². The summed E-state index contributed by atoms with van der Waals surface area (Å²) in [6.45, 7) is 2.04. The normalized spacial score (nSPS) is 9.92. The number of aryl methyl sites for hydroxylation is 1. The van der Waals surface area contributed by atoms with E-state index in [1.54, 1.807) is 12.4 Å². The molecule has 0 bridgehead atoms. The maximum absolute atomic E-state index is 4.28. The highest BCUT2D eigenvalue weighted by atomic mass is 14.7. The molecule has 2 rings (SSSR count). The van der Waals surface area contributed by atoms with Crippen molar-refractivity contribution in [3.8, 4) is 11.3 Å². The Morgan fingerprint density at radius 2 is 2.00 bits per heavy atom. The molecule has 0 atom stereocenters. The van der Waals surface area contributed by atoms with E-state index in [-0.39, 0.29) is 0 Å². The van der Waals surface area contributed by atoms with Gasteiger partial charge >= 0.3 is 0 Å². The summed E-state index contributed by atoms with van der Waals surface area (Å²) in [7, 11) is 0. The van der Waals surface area contributed by atoms with Crippen LogP contribution in [0.5, 0.6) is 0 Å². The Kier molecular flexibility index (Phi) is 2.04. The molecule has 0 amide bonds. The van der Waals surface area contributed by atoms with Crippen LogP contribution in [0.4, 0.5) is 0 Å². The van der Waals surface area contributed by atoms with Gasteiger partial charge in [-0.2, -0.15) is 0 Å². The first-order valence-electron chi connectivity index (χ1n) is 4.20. The summed E-state index contributed by atoms with van der Waals surface area (Å²) in [6.07, 6.45) is 5.44. The molecule has 0 fully saturated rings. The van der Waals surface area contributed by atoms with Gasteiger partial charge in [-0.25, -0.2) is 0 Å². The van der Waals surface area contributed by atoms with Gasteiger partial charge in [-0.05, 0) is 30.7 Å². The van der Waals surface area contributed by atoms with E-state index in [1.165, 1.54) is 0 Å². The molecule has 0 aliphatic carbocycles. The van der Waals surface area contributed by atoms with Gasteiger partial charge in [0.15, 0.2) is 0 Å². The van der Waals surface area contributed by atoms with Crippen molar-refractivity contribution in [3.63, 3.8) is 0 Å². The van der Waals surface area contributed by atoms with E-state index >= 15 is 0 Å². The third-order valence-electron chi connectivity index (χ3n) is 1.96. The van der Waals surface area contributed by atoms with Gasteiger partial charge in [0.05, 0.1) is 5.69 Å². The van der Waals surface area contributed by atoms with Gasteiger partial charge in [0.2, 0.25) is 0 Å². The molecule has 0 radical (unpaired) electrons. The van der Waals surface area contributed by atoms with Crippen molar-refractivity contribution in [2.75, 3.05) is 0 Å². The van der Waals surface area contributed by atoms with Crippen LogP contribution < -0.4 is 0 Å². The minimum Gasteiger partial charge on any atom is -0.264 e. The van der Waals surface area contributed by atoms with Crippen LogP contribution in [-0.2, 0) is 0 Å². The van der Waals surface area contributed by atoms with Gasteiger partial charge in [0.25, 0.3) is 0 Å². The summed E-state index contributed by atoms with van der Waals surface area (Å²) >= 11 is 0. The first-order chi connectivity index (χ1) is 6.38. The van der Waals surface area contributed by atoms with Crippen LogP contribution in [0.1, 0.15) is 5.56 Å². The van der Waals surface area contributed by atoms with Crippen molar-refractivity contribution < 1.29 is 0 Å². The molecule has 0 saturated carbocycles. The average molecular weight is 170 g/mol. The first kappa shape index (κ1) is 7.92. The molecule has 13 heavy (non-hydrogen) atoms. The molecular weight excluding hydrogens is 160 g/mol. The Morgan fingerprint density at radius 1 is 1.08 bits per heavy atom. The lowest BCUT2D eigenvalue weighted by Crippen LogP contribution is -1.86. The van der Waals surface area contributed by atoms with Crippen LogP contribution in [0.25, 0.3) is 11.3 Å². The molecular formula is C11H10N2. The van der Waals surface area contributed by atoms with E-state index in [0.29, 0.717) is 0 Å². The zero-order chi connectivity index (χ0) is 9.10. The number of aromatic nitrogens is 2. The molecule has 64 valence electrons. The highest BCUT2D eigenvalue weighted by Crippen LogP contribution is 2.18. The summed E-state index contributed by atoms with van der Waals surface area (Å²) in [4.78, 5) is 8.32. The number of hydrogen-bond acceptors (Lipinski definition) is 2. The number of hydrogen-bond donors (Lipinski definition) is 0. The van der Waals surface area contributed by atoms with E-state index in [2.05, 4.69) is 9.97 Å². The van der Waals surface area contributed by atoms with Gasteiger partial charge in [0, 0.05) is 24.2 Å². The summed E-state index contributed by atoms with van der Waals surface area (Å²) in [5.41, 5.74) is 3.30. The van der Waals surface area contributed by atoms with Crippen molar-refractivity contribution in [1.29, 1.82) is 0 Å². The topological polar surface area (TPSA) is 25.8 Å². The summed E-state index contributed by atoms with van der Waals surface area (Å²) in [6, 6.07) is 7.89. The number of nitrogens with zero attached hydrogens (tertiary/aromatic N) is 2. The molecule has 0 spiro atoms. The Labute approximate surface area is 77.3 Å². The fourth-order valence-electron chi connectivity index (χ4n) is 1.28.